The van der Waals surface area contributed by atoms with Crippen molar-refractivity contribution in [1.29, 1.82) is 0 Å². The van der Waals surface area contributed by atoms with Crippen molar-refractivity contribution >= 4 is 29.3 Å². The molecule has 1 heterocycles. The van der Waals surface area contributed by atoms with Crippen molar-refractivity contribution in [2.45, 2.75) is 44.6 Å². The number of hydrogen-bond donors (Lipinski definition) is 3. The number of carbonyl (C=O) groups is 2. The Morgan fingerprint density at radius 2 is 1.92 bits per heavy atom. The second-order valence-electron chi connectivity index (χ2n) is 6.85. The van der Waals surface area contributed by atoms with Crippen molar-refractivity contribution in [3.05, 3.63) is 28.8 Å². The number of nitrogens with one attached hydrogen (secondary N) is 1. The highest BCUT2D eigenvalue weighted by Crippen LogP contribution is 2.27. The molecule has 1 saturated heterocycles. The lowest BCUT2D eigenvalue weighted by molar-refractivity contribution is -0.123. The van der Waals surface area contributed by atoms with Crippen LogP contribution in [0.4, 0.5) is 19.3 Å². The second-order valence-corrected chi connectivity index (χ2v) is 7.23. The standard InChI is InChI=1S/C16H19ClF2N2O5/c1-16(2,3)26-15(25)21-6-9(22)13(23)12(21)14(24)20-8-5-4-7(18)10(17)11(8)19/h4-5,9,12-13,22-23H,6H2,1-3H3,(H,20,24). The molecule has 0 aliphatic carbocycles. The van der Waals surface area contributed by atoms with Crippen LogP contribution in [0, 0.1) is 11.6 Å². The van der Waals surface area contributed by atoms with Gasteiger partial charge in [0.25, 0.3) is 0 Å². The van der Waals surface area contributed by atoms with Gasteiger partial charge in [-0.15, -0.1) is 0 Å². The lowest BCUT2D eigenvalue weighted by Crippen LogP contribution is -2.49. The van der Waals surface area contributed by atoms with E-state index in [1.54, 1.807) is 20.8 Å². The van der Waals surface area contributed by atoms with Crippen LogP contribution in [0.25, 0.3) is 0 Å². The van der Waals surface area contributed by atoms with Crippen molar-refractivity contribution in [3.8, 4) is 0 Å². The molecule has 0 spiro atoms. The maximum absolute atomic E-state index is 14.0. The molecular formula is C16H19ClF2N2O5. The number of benzene rings is 1. The Bertz CT molecular complexity index is 725. The number of aliphatic hydroxyl groups is 2. The van der Waals surface area contributed by atoms with E-state index in [2.05, 4.69) is 5.32 Å². The summed E-state index contributed by atoms with van der Waals surface area (Å²) in [6, 6.07) is 0.277. The first-order valence-corrected chi connectivity index (χ1v) is 8.10. The van der Waals surface area contributed by atoms with Gasteiger partial charge in [0.05, 0.1) is 12.2 Å². The van der Waals surface area contributed by atoms with Crippen molar-refractivity contribution in [3.63, 3.8) is 0 Å². The molecule has 144 valence electrons. The molecule has 26 heavy (non-hydrogen) atoms. The van der Waals surface area contributed by atoms with E-state index in [9.17, 15) is 28.6 Å². The zero-order valence-corrected chi connectivity index (χ0v) is 15.1. The molecule has 2 amide bonds. The normalized spacial score (nSPS) is 23.1. The van der Waals surface area contributed by atoms with Crippen LogP contribution in [0.5, 0.6) is 0 Å². The van der Waals surface area contributed by atoms with Crippen LogP contribution in [-0.2, 0) is 9.53 Å². The summed E-state index contributed by atoms with van der Waals surface area (Å²) in [7, 11) is 0. The fraction of sp³-hybridized carbons (Fsp3) is 0.500. The number of ether oxygens (including phenoxy) is 1. The van der Waals surface area contributed by atoms with E-state index >= 15 is 0 Å². The first-order chi connectivity index (χ1) is 11.9. The Labute approximate surface area is 153 Å². The van der Waals surface area contributed by atoms with E-state index in [0.717, 1.165) is 17.0 Å². The summed E-state index contributed by atoms with van der Waals surface area (Å²) in [4.78, 5) is 25.6. The Morgan fingerprint density at radius 3 is 2.50 bits per heavy atom. The predicted octanol–water partition coefficient (Wildman–Crippen LogP) is 1.90. The molecule has 1 aromatic rings. The molecule has 0 aromatic heterocycles. The minimum Gasteiger partial charge on any atom is -0.444 e. The summed E-state index contributed by atoms with van der Waals surface area (Å²) in [5, 5.41) is 21.2. The molecule has 1 fully saturated rings. The number of hydrogen-bond acceptors (Lipinski definition) is 5. The van der Waals surface area contributed by atoms with Crippen LogP contribution < -0.4 is 5.32 Å². The van der Waals surface area contributed by atoms with Gasteiger partial charge < -0.3 is 20.3 Å². The van der Waals surface area contributed by atoms with Crippen LogP contribution in [0.1, 0.15) is 20.8 Å². The monoisotopic (exact) mass is 392 g/mol. The molecule has 10 heteroatoms. The van der Waals surface area contributed by atoms with Gasteiger partial charge in [-0.1, -0.05) is 11.6 Å². The number of amides is 2. The fourth-order valence-electron chi connectivity index (χ4n) is 2.45. The minimum absolute atomic E-state index is 0.346. The molecule has 1 aliphatic rings. The molecule has 0 saturated carbocycles. The summed E-state index contributed by atoms with van der Waals surface area (Å²) >= 11 is 5.45. The molecule has 3 unspecified atom stereocenters. The third-order valence-corrected chi connectivity index (χ3v) is 3.97. The van der Waals surface area contributed by atoms with Crippen LogP contribution in [-0.4, -0.2) is 57.5 Å². The zero-order valence-electron chi connectivity index (χ0n) is 14.3. The third-order valence-electron chi connectivity index (χ3n) is 3.63. The Hall–Kier alpha value is -1.97. The smallest absolute Gasteiger partial charge is 0.411 e. The van der Waals surface area contributed by atoms with Crippen LogP contribution >= 0.6 is 11.6 Å². The van der Waals surface area contributed by atoms with E-state index in [1.807, 2.05) is 0 Å². The quantitative estimate of drug-likeness (QED) is 0.668. The largest absolute Gasteiger partial charge is 0.444 e. The fourth-order valence-corrected chi connectivity index (χ4v) is 2.62. The lowest BCUT2D eigenvalue weighted by Gasteiger charge is -2.28. The topological polar surface area (TPSA) is 99.1 Å². The summed E-state index contributed by atoms with van der Waals surface area (Å²) in [5.41, 5.74) is -1.30. The number of halogens is 3. The summed E-state index contributed by atoms with van der Waals surface area (Å²) < 4.78 is 32.3. The average Bonchev–Trinajstić information content (AvgIpc) is 2.82. The van der Waals surface area contributed by atoms with Crippen molar-refractivity contribution in [2.75, 3.05) is 11.9 Å². The Morgan fingerprint density at radius 1 is 1.31 bits per heavy atom. The van der Waals surface area contributed by atoms with E-state index in [-0.39, 0.29) is 6.54 Å². The van der Waals surface area contributed by atoms with E-state index < -0.39 is 58.2 Å². The summed E-state index contributed by atoms with van der Waals surface area (Å²) in [6.45, 7) is 4.48. The molecule has 1 aromatic carbocycles. The number of carbonyl (C=O) groups excluding carboxylic acids is 2. The zero-order chi connectivity index (χ0) is 19.8. The lowest BCUT2D eigenvalue weighted by atomic mass is 10.1. The van der Waals surface area contributed by atoms with Gasteiger partial charge in [0.1, 0.15) is 34.7 Å². The van der Waals surface area contributed by atoms with Crippen molar-refractivity contribution in [2.24, 2.45) is 0 Å². The predicted molar refractivity (Wildman–Crippen MR) is 88.7 cm³/mol. The Balaban J connectivity index is 2.24. The van der Waals surface area contributed by atoms with Gasteiger partial charge in [-0.3, -0.25) is 9.69 Å². The SMILES string of the molecule is CC(C)(C)OC(=O)N1CC(O)C(O)C1C(=O)Nc1ccc(F)c(Cl)c1F. The number of anilines is 1. The Kier molecular flexibility index (Phi) is 5.74. The molecule has 1 aliphatic heterocycles. The van der Waals surface area contributed by atoms with E-state index in [1.165, 1.54) is 0 Å². The molecule has 3 N–H and O–H groups in total. The minimum atomic E-state index is -1.61. The maximum Gasteiger partial charge on any atom is 0.411 e. The van der Waals surface area contributed by atoms with Gasteiger partial charge in [0, 0.05) is 0 Å². The van der Waals surface area contributed by atoms with Crippen LogP contribution in [0.2, 0.25) is 5.02 Å². The summed E-state index contributed by atoms with van der Waals surface area (Å²) in [5.74, 6) is -3.19. The molecule has 2 rings (SSSR count). The first kappa shape index (κ1) is 20.3. The first-order valence-electron chi connectivity index (χ1n) is 7.72. The number of nitrogens with zero attached hydrogens (tertiary/aromatic N) is 1. The molecule has 0 radical (unpaired) electrons. The van der Waals surface area contributed by atoms with Gasteiger partial charge in [-0.25, -0.2) is 13.6 Å². The van der Waals surface area contributed by atoms with E-state index in [4.69, 9.17) is 16.3 Å². The summed E-state index contributed by atoms with van der Waals surface area (Å²) in [6.07, 6.45) is -3.92. The van der Waals surface area contributed by atoms with Gasteiger partial charge >= 0.3 is 6.09 Å². The third kappa shape index (κ3) is 4.22. The van der Waals surface area contributed by atoms with E-state index in [0.29, 0.717) is 0 Å². The second kappa shape index (κ2) is 7.34. The molecule has 3 atom stereocenters. The van der Waals surface area contributed by atoms with Gasteiger partial charge in [-0.2, -0.15) is 0 Å². The van der Waals surface area contributed by atoms with Gasteiger partial charge in [-0.05, 0) is 32.9 Å². The van der Waals surface area contributed by atoms with Crippen molar-refractivity contribution < 1.29 is 33.3 Å². The highest BCUT2D eigenvalue weighted by molar-refractivity contribution is 6.31. The number of rotatable bonds is 2. The highest BCUT2D eigenvalue weighted by atomic mass is 35.5. The number of β-amino-alcohol motifs (C(OH)–C–C–N with tert-alkyl or cyclic N) is 1. The number of likely N-dealkylation sites (tertiary alicyclic amines) is 1. The molecule has 7 nitrogen and oxygen atoms in total. The van der Waals surface area contributed by atoms with Crippen LogP contribution in [0.15, 0.2) is 12.1 Å². The van der Waals surface area contributed by atoms with Crippen molar-refractivity contribution in [1.82, 2.24) is 4.90 Å². The average molecular weight is 393 g/mol. The number of aliphatic hydroxyl groups excluding tert-OH is 2. The van der Waals surface area contributed by atoms with Crippen LogP contribution in [0.3, 0.4) is 0 Å². The van der Waals surface area contributed by atoms with Gasteiger partial charge in [0.2, 0.25) is 5.91 Å². The van der Waals surface area contributed by atoms with Gasteiger partial charge in [0.15, 0.2) is 5.82 Å². The molecular weight excluding hydrogens is 374 g/mol. The molecule has 0 bridgehead atoms. The highest BCUT2D eigenvalue weighted by Gasteiger charge is 2.48. The maximum atomic E-state index is 14.0.